The van der Waals surface area contributed by atoms with Crippen molar-refractivity contribution in [3.05, 3.63) is 53.8 Å². The van der Waals surface area contributed by atoms with E-state index in [0.29, 0.717) is 12.6 Å². The van der Waals surface area contributed by atoms with Gasteiger partial charge in [0.25, 0.3) is 0 Å². The molecule has 3 heterocycles. The van der Waals surface area contributed by atoms with Crippen molar-refractivity contribution in [2.75, 3.05) is 0 Å². The first-order chi connectivity index (χ1) is 11.3. The Bertz CT molecular complexity index is 792. The minimum Gasteiger partial charge on any atom is -0.359 e. The van der Waals surface area contributed by atoms with Crippen LogP contribution in [0, 0.1) is 6.92 Å². The van der Waals surface area contributed by atoms with Gasteiger partial charge in [0.15, 0.2) is 5.76 Å². The van der Waals surface area contributed by atoms with Crippen LogP contribution in [0.1, 0.15) is 23.8 Å². The van der Waals surface area contributed by atoms with Crippen LogP contribution in [0.25, 0.3) is 11.3 Å². The van der Waals surface area contributed by atoms with E-state index in [1.165, 1.54) is 0 Å². The van der Waals surface area contributed by atoms with Crippen LogP contribution in [0.3, 0.4) is 0 Å². The standard InChI is InChI=1S/C17H19N5O/c1-12-19-17-8-7-14(11-22(17)20-12)18-10-15-9-16(21-23-15)13-5-3-2-4-6-13/h2-6,9,14,18H,7-8,10-11H2,1H3/t14-/m0/s1. The van der Waals surface area contributed by atoms with E-state index in [2.05, 4.69) is 20.6 Å². The quantitative estimate of drug-likeness (QED) is 0.801. The Morgan fingerprint density at radius 2 is 2.17 bits per heavy atom. The Morgan fingerprint density at radius 1 is 1.30 bits per heavy atom. The van der Waals surface area contributed by atoms with Gasteiger partial charge in [0, 0.05) is 24.1 Å². The molecule has 0 spiro atoms. The van der Waals surface area contributed by atoms with Crippen LogP contribution < -0.4 is 5.32 Å². The molecule has 1 aliphatic rings. The number of nitrogens with zero attached hydrogens (tertiary/aromatic N) is 4. The minimum absolute atomic E-state index is 0.383. The zero-order valence-corrected chi connectivity index (χ0v) is 13.1. The minimum atomic E-state index is 0.383. The van der Waals surface area contributed by atoms with Crippen molar-refractivity contribution < 1.29 is 4.52 Å². The molecule has 6 nitrogen and oxygen atoms in total. The van der Waals surface area contributed by atoms with Crippen LogP contribution >= 0.6 is 0 Å². The zero-order valence-electron chi connectivity index (χ0n) is 13.1. The van der Waals surface area contributed by atoms with Crippen LogP contribution in [0.4, 0.5) is 0 Å². The smallest absolute Gasteiger partial charge is 0.151 e. The molecule has 0 unspecified atom stereocenters. The molecule has 4 rings (SSSR count). The van der Waals surface area contributed by atoms with E-state index in [1.54, 1.807) is 0 Å². The molecule has 23 heavy (non-hydrogen) atoms. The number of benzene rings is 1. The SMILES string of the molecule is Cc1nc2n(n1)C[C@@H](NCc1cc(-c3ccccc3)no1)CC2. The van der Waals surface area contributed by atoms with Crippen molar-refractivity contribution in [3.63, 3.8) is 0 Å². The van der Waals surface area contributed by atoms with Crippen LogP contribution in [0.2, 0.25) is 0 Å². The van der Waals surface area contributed by atoms with Gasteiger partial charge >= 0.3 is 0 Å². The molecule has 0 amide bonds. The largest absolute Gasteiger partial charge is 0.359 e. The van der Waals surface area contributed by atoms with Crippen molar-refractivity contribution in [2.24, 2.45) is 0 Å². The second kappa shape index (κ2) is 5.96. The fourth-order valence-corrected chi connectivity index (χ4v) is 2.99. The molecule has 0 radical (unpaired) electrons. The topological polar surface area (TPSA) is 68.8 Å². The van der Waals surface area contributed by atoms with E-state index in [-0.39, 0.29) is 0 Å². The molecular weight excluding hydrogens is 290 g/mol. The molecule has 0 fully saturated rings. The van der Waals surface area contributed by atoms with Crippen molar-refractivity contribution in [1.29, 1.82) is 0 Å². The Hall–Kier alpha value is -2.47. The van der Waals surface area contributed by atoms with Gasteiger partial charge in [-0.3, -0.25) is 0 Å². The summed E-state index contributed by atoms with van der Waals surface area (Å²) in [5, 5.41) is 12.1. The highest BCUT2D eigenvalue weighted by molar-refractivity contribution is 5.58. The highest BCUT2D eigenvalue weighted by Crippen LogP contribution is 2.19. The summed E-state index contributed by atoms with van der Waals surface area (Å²) in [6, 6.07) is 12.4. The van der Waals surface area contributed by atoms with Gasteiger partial charge in [-0.05, 0) is 13.3 Å². The molecule has 1 aliphatic heterocycles. The molecule has 0 bridgehead atoms. The summed E-state index contributed by atoms with van der Waals surface area (Å²) in [4.78, 5) is 4.44. The maximum Gasteiger partial charge on any atom is 0.151 e. The summed E-state index contributed by atoms with van der Waals surface area (Å²) in [7, 11) is 0. The third kappa shape index (κ3) is 3.03. The fraction of sp³-hybridized carbons (Fsp3) is 0.353. The molecule has 3 aromatic rings. The third-order valence-electron chi connectivity index (χ3n) is 4.16. The lowest BCUT2D eigenvalue weighted by atomic mass is 10.1. The second-order valence-electron chi connectivity index (χ2n) is 5.92. The fourth-order valence-electron chi connectivity index (χ4n) is 2.99. The maximum absolute atomic E-state index is 5.44. The second-order valence-corrected chi connectivity index (χ2v) is 5.92. The van der Waals surface area contributed by atoms with E-state index < -0.39 is 0 Å². The van der Waals surface area contributed by atoms with E-state index >= 15 is 0 Å². The Balaban J connectivity index is 1.38. The van der Waals surface area contributed by atoms with Crippen LogP contribution in [0.5, 0.6) is 0 Å². The molecule has 1 N–H and O–H groups in total. The van der Waals surface area contributed by atoms with E-state index in [1.807, 2.05) is 48.0 Å². The molecule has 2 aromatic heterocycles. The van der Waals surface area contributed by atoms with Gasteiger partial charge in [-0.2, -0.15) is 5.10 Å². The van der Waals surface area contributed by atoms with Crippen LogP contribution in [0.15, 0.2) is 40.9 Å². The van der Waals surface area contributed by atoms with Gasteiger partial charge < -0.3 is 9.84 Å². The van der Waals surface area contributed by atoms with E-state index in [9.17, 15) is 0 Å². The molecule has 1 aromatic carbocycles. The zero-order chi connectivity index (χ0) is 15.6. The van der Waals surface area contributed by atoms with Gasteiger partial charge in [0.2, 0.25) is 0 Å². The molecular formula is C17H19N5O. The number of rotatable bonds is 4. The Labute approximate surface area is 134 Å². The normalized spacial score (nSPS) is 17.2. The first-order valence-corrected chi connectivity index (χ1v) is 7.92. The number of nitrogens with one attached hydrogen (secondary N) is 1. The van der Waals surface area contributed by atoms with Gasteiger partial charge in [0.1, 0.15) is 17.3 Å². The average Bonchev–Trinajstić information content (AvgIpc) is 3.18. The Kier molecular flexibility index (Phi) is 3.67. The maximum atomic E-state index is 5.44. The summed E-state index contributed by atoms with van der Waals surface area (Å²) >= 11 is 0. The number of aromatic nitrogens is 4. The first kappa shape index (κ1) is 14.1. The summed E-state index contributed by atoms with van der Waals surface area (Å²) in [5.74, 6) is 2.79. The lowest BCUT2D eigenvalue weighted by Gasteiger charge is -2.23. The highest BCUT2D eigenvalue weighted by Gasteiger charge is 2.20. The number of fused-ring (bicyclic) bond motifs is 1. The van der Waals surface area contributed by atoms with Gasteiger partial charge in [-0.1, -0.05) is 35.5 Å². The number of hydrogen-bond donors (Lipinski definition) is 1. The first-order valence-electron chi connectivity index (χ1n) is 7.92. The molecule has 0 saturated heterocycles. The van der Waals surface area contributed by atoms with Crippen molar-refractivity contribution >= 4 is 0 Å². The molecule has 0 saturated carbocycles. The lowest BCUT2D eigenvalue weighted by Crippen LogP contribution is -2.37. The predicted octanol–water partition coefficient (Wildman–Crippen LogP) is 2.35. The summed E-state index contributed by atoms with van der Waals surface area (Å²) < 4.78 is 7.44. The Morgan fingerprint density at radius 3 is 3.04 bits per heavy atom. The predicted molar refractivity (Wildman–Crippen MR) is 85.6 cm³/mol. The van der Waals surface area contributed by atoms with Crippen LogP contribution in [-0.4, -0.2) is 26.0 Å². The van der Waals surface area contributed by atoms with E-state index in [0.717, 1.165) is 48.1 Å². The van der Waals surface area contributed by atoms with Crippen molar-refractivity contribution in [1.82, 2.24) is 25.2 Å². The highest BCUT2D eigenvalue weighted by atomic mass is 16.5. The molecule has 0 aliphatic carbocycles. The van der Waals surface area contributed by atoms with Gasteiger partial charge in [-0.15, -0.1) is 0 Å². The van der Waals surface area contributed by atoms with Gasteiger partial charge in [-0.25, -0.2) is 9.67 Å². The molecule has 1 atom stereocenters. The third-order valence-corrected chi connectivity index (χ3v) is 4.16. The van der Waals surface area contributed by atoms with Crippen molar-refractivity contribution in [2.45, 2.75) is 38.9 Å². The summed E-state index contributed by atoms with van der Waals surface area (Å²) in [6.07, 6.45) is 2.03. The number of hydrogen-bond acceptors (Lipinski definition) is 5. The van der Waals surface area contributed by atoms with Crippen molar-refractivity contribution in [3.8, 4) is 11.3 Å². The number of aryl methyl sites for hydroxylation is 2. The molecule has 118 valence electrons. The van der Waals surface area contributed by atoms with E-state index in [4.69, 9.17) is 4.52 Å². The summed E-state index contributed by atoms with van der Waals surface area (Å²) in [6.45, 7) is 3.47. The van der Waals surface area contributed by atoms with Crippen LogP contribution in [-0.2, 0) is 19.5 Å². The molecule has 6 heteroatoms. The van der Waals surface area contributed by atoms with Gasteiger partial charge in [0.05, 0.1) is 13.1 Å². The average molecular weight is 309 g/mol. The lowest BCUT2D eigenvalue weighted by molar-refractivity contribution is 0.325. The summed E-state index contributed by atoms with van der Waals surface area (Å²) in [5.41, 5.74) is 1.95. The monoisotopic (exact) mass is 309 g/mol.